The van der Waals surface area contributed by atoms with Crippen molar-refractivity contribution < 1.29 is 9.53 Å². The summed E-state index contributed by atoms with van der Waals surface area (Å²) in [6, 6.07) is 9.62. The van der Waals surface area contributed by atoms with Crippen molar-refractivity contribution in [3.63, 3.8) is 0 Å². The summed E-state index contributed by atoms with van der Waals surface area (Å²) in [6.07, 6.45) is 0. The minimum atomic E-state index is -0.378. The number of hydrogen-bond donors (Lipinski definition) is 1. The van der Waals surface area contributed by atoms with Crippen LogP contribution in [0.2, 0.25) is 0 Å². The van der Waals surface area contributed by atoms with Gasteiger partial charge in [0.05, 0.1) is 18.2 Å². The zero-order valence-electron chi connectivity index (χ0n) is 10.4. The number of alkyl halides is 1. The Labute approximate surface area is 120 Å². The van der Waals surface area contributed by atoms with Gasteiger partial charge in [0.15, 0.2) is 5.13 Å². The molecule has 0 spiro atoms. The maximum atomic E-state index is 11.8. The number of para-hydroxylation sites is 1. The highest BCUT2D eigenvalue weighted by Crippen LogP contribution is 2.27. The fourth-order valence-corrected chi connectivity index (χ4v) is 2.67. The molecule has 0 unspecified atom stereocenters. The van der Waals surface area contributed by atoms with Crippen LogP contribution in [0.4, 0.5) is 10.8 Å². The van der Waals surface area contributed by atoms with Gasteiger partial charge in [-0.15, -0.1) is 11.6 Å². The molecule has 0 aliphatic carbocycles. The number of thiazole rings is 1. The molecule has 19 heavy (non-hydrogen) atoms. The molecule has 100 valence electrons. The van der Waals surface area contributed by atoms with Crippen molar-refractivity contribution in [3.8, 4) is 0 Å². The predicted molar refractivity (Wildman–Crippen MR) is 77.4 cm³/mol. The molecule has 0 fully saturated rings. The van der Waals surface area contributed by atoms with Crippen LogP contribution in [0.5, 0.6) is 0 Å². The molecule has 2 aromatic rings. The quantitative estimate of drug-likeness (QED) is 0.673. The Morgan fingerprint density at radius 2 is 2.16 bits per heavy atom. The number of carbonyl (C=O) groups is 1. The Morgan fingerprint density at radius 3 is 2.79 bits per heavy atom. The van der Waals surface area contributed by atoms with E-state index in [2.05, 4.69) is 10.3 Å². The second-order valence-corrected chi connectivity index (χ2v) is 4.91. The average Bonchev–Trinajstić information content (AvgIpc) is 2.83. The summed E-state index contributed by atoms with van der Waals surface area (Å²) in [4.78, 5) is 16.5. The third kappa shape index (κ3) is 3.45. The number of benzene rings is 1. The fourth-order valence-electron chi connectivity index (χ4n) is 1.50. The smallest absolute Gasteiger partial charge is 0.350 e. The number of anilines is 2. The van der Waals surface area contributed by atoms with Crippen LogP contribution in [0.1, 0.15) is 22.3 Å². The highest BCUT2D eigenvalue weighted by molar-refractivity contribution is 7.17. The molecule has 0 aliphatic rings. The number of halogens is 1. The van der Waals surface area contributed by atoms with Gasteiger partial charge in [0.25, 0.3) is 0 Å². The Bertz CT molecular complexity index is 557. The van der Waals surface area contributed by atoms with Gasteiger partial charge in [0.1, 0.15) is 4.88 Å². The number of nitrogens with zero attached hydrogens (tertiary/aromatic N) is 1. The van der Waals surface area contributed by atoms with Crippen LogP contribution in [0.3, 0.4) is 0 Å². The highest BCUT2D eigenvalue weighted by atomic mass is 35.5. The first-order chi connectivity index (χ1) is 9.24. The summed E-state index contributed by atoms with van der Waals surface area (Å²) in [5.74, 6) is -0.196. The molecule has 2 rings (SSSR count). The van der Waals surface area contributed by atoms with E-state index in [0.29, 0.717) is 22.3 Å². The van der Waals surface area contributed by atoms with Gasteiger partial charge in [0.2, 0.25) is 0 Å². The van der Waals surface area contributed by atoms with Crippen molar-refractivity contribution >= 4 is 39.7 Å². The van der Waals surface area contributed by atoms with Crippen molar-refractivity contribution in [1.82, 2.24) is 4.98 Å². The van der Waals surface area contributed by atoms with Gasteiger partial charge in [-0.25, -0.2) is 9.78 Å². The molecular weight excluding hydrogens is 284 g/mol. The molecule has 0 amide bonds. The first-order valence-corrected chi connectivity index (χ1v) is 7.14. The van der Waals surface area contributed by atoms with Gasteiger partial charge >= 0.3 is 5.97 Å². The van der Waals surface area contributed by atoms with Crippen LogP contribution in [0, 0.1) is 0 Å². The Balaban J connectivity index is 2.21. The largest absolute Gasteiger partial charge is 0.462 e. The molecule has 6 heteroatoms. The molecule has 1 aromatic heterocycles. The zero-order chi connectivity index (χ0) is 13.7. The van der Waals surface area contributed by atoms with Gasteiger partial charge < -0.3 is 10.1 Å². The molecule has 1 N–H and O–H groups in total. The fraction of sp³-hybridized carbons (Fsp3) is 0.231. The SMILES string of the molecule is CCOC(=O)c1sc(Nc2ccccc2)nc1CCl. The first kappa shape index (κ1) is 13.8. The lowest BCUT2D eigenvalue weighted by atomic mass is 10.3. The molecular formula is C13H13ClN2O2S. The van der Waals surface area contributed by atoms with Crippen molar-refractivity contribution in [3.05, 3.63) is 40.9 Å². The molecule has 0 atom stereocenters. The number of nitrogens with one attached hydrogen (secondary N) is 1. The van der Waals surface area contributed by atoms with E-state index in [0.717, 1.165) is 5.69 Å². The maximum absolute atomic E-state index is 11.8. The lowest BCUT2D eigenvalue weighted by molar-refractivity contribution is 0.0531. The van der Waals surface area contributed by atoms with E-state index in [1.165, 1.54) is 11.3 Å². The van der Waals surface area contributed by atoms with Gasteiger partial charge in [-0.1, -0.05) is 29.5 Å². The molecule has 0 saturated carbocycles. The molecule has 1 heterocycles. The summed E-state index contributed by atoms with van der Waals surface area (Å²) in [6.45, 7) is 2.10. The van der Waals surface area contributed by atoms with Gasteiger partial charge in [-0.2, -0.15) is 0 Å². The molecule has 0 saturated heterocycles. The third-order valence-corrected chi connectivity index (χ3v) is 3.56. The van der Waals surface area contributed by atoms with Gasteiger partial charge in [-0.05, 0) is 19.1 Å². The molecule has 0 radical (unpaired) electrons. The second-order valence-electron chi connectivity index (χ2n) is 3.64. The minimum absolute atomic E-state index is 0.182. The van der Waals surface area contributed by atoms with Crippen LogP contribution in [-0.4, -0.2) is 17.6 Å². The van der Waals surface area contributed by atoms with E-state index < -0.39 is 0 Å². The van der Waals surface area contributed by atoms with Crippen LogP contribution in [0.25, 0.3) is 0 Å². The van der Waals surface area contributed by atoms with Crippen molar-refractivity contribution in [2.75, 3.05) is 11.9 Å². The summed E-state index contributed by atoms with van der Waals surface area (Å²) >= 11 is 7.05. The summed E-state index contributed by atoms with van der Waals surface area (Å²) < 4.78 is 4.98. The average molecular weight is 297 g/mol. The Morgan fingerprint density at radius 1 is 1.42 bits per heavy atom. The van der Waals surface area contributed by atoms with E-state index >= 15 is 0 Å². The standard InChI is InChI=1S/C13H13ClN2O2S/c1-2-18-12(17)11-10(8-14)16-13(19-11)15-9-6-4-3-5-7-9/h3-7H,2,8H2,1H3,(H,15,16). The van der Waals surface area contributed by atoms with E-state index in [-0.39, 0.29) is 11.8 Å². The number of rotatable bonds is 5. The van der Waals surface area contributed by atoms with Crippen molar-refractivity contribution in [1.29, 1.82) is 0 Å². The summed E-state index contributed by atoms with van der Waals surface area (Å²) in [5, 5.41) is 3.77. The van der Waals surface area contributed by atoms with E-state index in [1.807, 2.05) is 30.3 Å². The van der Waals surface area contributed by atoms with Crippen molar-refractivity contribution in [2.45, 2.75) is 12.8 Å². The van der Waals surface area contributed by atoms with Crippen LogP contribution in [-0.2, 0) is 10.6 Å². The summed E-state index contributed by atoms with van der Waals surface area (Å²) in [7, 11) is 0. The van der Waals surface area contributed by atoms with Crippen LogP contribution >= 0.6 is 22.9 Å². The number of esters is 1. The number of hydrogen-bond acceptors (Lipinski definition) is 5. The number of aromatic nitrogens is 1. The lowest BCUT2D eigenvalue weighted by Crippen LogP contribution is -2.04. The Kier molecular flexibility index (Phi) is 4.76. The van der Waals surface area contributed by atoms with Gasteiger partial charge in [-0.3, -0.25) is 0 Å². The molecule has 0 aliphatic heterocycles. The van der Waals surface area contributed by atoms with E-state index in [4.69, 9.17) is 16.3 Å². The maximum Gasteiger partial charge on any atom is 0.350 e. The normalized spacial score (nSPS) is 10.2. The van der Waals surface area contributed by atoms with E-state index in [9.17, 15) is 4.79 Å². The summed E-state index contributed by atoms with van der Waals surface area (Å²) in [5.41, 5.74) is 1.45. The highest BCUT2D eigenvalue weighted by Gasteiger charge is 2.18. The molecule has 4 nitrogen and oxygen atoms in total. The topological polar surface area (TPSA) is 51.2 Å². The van der Waals surface area contributed by atoms with E-state index in [1.54, 1.807) is 6.92 Å². The van der Waals surface area contributed by atoms with Crippen LogP contribution < -0.4 is 5.32 Å². The monoisotopic (exact) mass is 296 g/mol. The predicted octanol–water partition coefficient (Wildman–Crippen LogP) is 3.80. The van der Waals surface area contributed by atoms with Gasteiger partial charge in [0, 0.05) is 5.69 Å². The Hall–Kier alpha value is -1.59. The third-order valence-electron chi connectivity index (χ3n) is 2.31. The number of ether oxygens (including phenoxy) is 1. The van der Waals surface area contributed by atoms with Crippen LogP contribution in [0.15, 0.2) is 30.3 Å². The van der Waals surface area contributed by atoms with Crippen molar-refractivity contribution in [2.24, 2.45) is 0 Å². The second kappa shape index (κ2) is 6.54. The molecule has 1 aromatic carbocycles. The zero-order valence-corrected chi connectivity index (χ0v) is 11.9. The lowest BCUT2D eigenvalue weighted by Gasteiger charge is -2.00. The molecule has 0 bridgehead atoms. The number of carbonyl (C=O) groups excluding carboxylic acids is 1. The minimum Gasteiger partial charge on any atom is -0.462 e. The first-order valence-electron chi connectivity index (χ1n) is 5.79.